The maximum atomic E-state index is 5.50. The molecule has 1 fully saturated rings. The van der Waals surface area contributed by atoms with Crippen molar-refractivity contribution in [3.8, 4) is 0 Å². The number of allylic oxidation sites excluding steroid dienone is 1. The highest BCUT2D eigenvalue weighted by atomic mass is 16.7. The van der Waals surface area contributed by atoms with Gasteiger partial charge in [0.1, 0.15) is 0 Å². The van der Waals surface area contributed by atoms with Crippen molar-refractivity contribution in [2.45, 2.75) is 45.3 Å². The van der Waals surface area contributed by atoms with Gasteiger partial charge in [0.25, 0.3) is 0 Å². The van der Waals surface area contributed by atoms with E-state index in [1.165, 1.54) is 25.7 Å². The van der Waals surface area contributed by atoms with Crippen LogP contribution in [0.3, 0.4) is 0 Å². The highest BCUT2D eigenvalue weighted by molar-refractivity contribution is 5.03. The molecule has 1 unspecified atom stereocenters. The molecule has 1 aliphatic carbocycles. The van der Waals surface area contributed by atoms with Crippen molar-refractivity contribution in [2.75, 3.05) is 6.61 Å². The summed E-state index contributed by atoms with van der Waals surface area (Å²) in [5.74, 6) is 0. The molecule has 0 amide bonds. The minimum atomic E-state index is 0.00750. The van der Waals surface area contributed by atoms with E-state index in [0.29, 0.717) is 5.41 Å². The molecule has 0 radical (unpaired) electrons. The Morgan fingerprint density at radius 3 is 2.92 bits per heavy atom. The third-order valence-electron chi connectivity index (χ3n) is 3.18. The predicted octanol–water partition coefficient (Wildman–Crippen LogP) is 2.84. The van der Waals surface area contributed by atoms with Crippen LogP contribution in [0.15, 0.2) is 12.3 Å². The van der Waals surface area contributed by atoms with Gasteiger partial charge < -0.3 is 9.47 Å². The average molecular weight is 182 g/mol. The van der Waals surface area contributed by atoms with E-state index in [4.69, 9.17) is 9.47 Å². The summed E-state index contributed by atoms with van der Waals surface area (Å²) in [5, 5.41) is 0. The summed E-state index contributed by atoms with van der Waals surface area (Å²) in [5.41, 5.74) is 0.415. The molecule has 13 heavy (non-hydrogen) atoms. The fourth-order valence-corrected chi connectivity index (χ4v) is 2.45. The second kappa shape index (κ2) is 3.70. The van der Waals surface area contributed by atoms with Gasteiger partial charge in [-0.1, -0.05) is 12.8 Å². The average Bonchev–Trinajstić information content (AvgIpc) is 2.54. The molecule has 2 rings (SSSR count). The second-order valence-corrected chi connectivity index (χ2v) is 4.10. The molecule has 2 nitrogen and oxygen atoms in total. The molecule has 0 bridgehead atoms. The molecule has 1 heterocycles. The van der Waals surface area contributed by atoms with Gasteiger partial charge in [0.15, 0.2) is 6.29 Å². The van der Waals surface area contributed by atoms with Gasteiger partial charge in [-0.15, -0.1) is 0 Å². The van der Waals surface area contributed by atoms with Crippen LogP contribution in [0.1, 0.15) is 39.0 Å². The van der Waals surface area contributed by atoms with E-state index >= 15 is 0 Å². The van der Waals surface area contributed by atoms with Crippen LogP contribution in [0, 0.1) is 5.41 Å². The molecule has 1 spiro atoms. The summed E-state index contributed by atoms with van der Waals surface area (Å²) in [6.45, 7) is 2.76. The number of hydrogen-bond acceptors (Lipinski definition) is 2. The van der Waals surface area contributed by atoms with Gasteiger partial charge >= 0.3 is 0 Å². The minimum absolute atomic E-state index is 0.00750. The molecule has 2 aliphatic rings. The molecule has 0 aromatic heterocycles. The molecular formula is C11H18O2. The Kier molecular flexibility index (Phi) is 2.58. The van der Waals surface area contributed by atoms with Crippen molar-refractivity contribution in [3.05, 3.63) is 12.3 Å². The first-order valence-corrected chi connectivity index (χ1v) is 5.29. The highest BCUT2D eigenvalue weighted by Crippen LogP contribution is 2.45. The Bertz CT molecular complexity index is 192. The van der Waals surface area contributed by atoms with Crippen LogP contribution in [0.4, 0.5) is 0 Å². The smallest absolute Gasteiger partial charge is 0.199 e. The van der Waals surface area contributed by atoms with E-state index in [2.05, 4.69) is 6.08 Å². The zero-order chi connectivity index (χ0) is 9.15. The molecule has 0 aromatic rings. The topological polar surface area (TPSA) is 18.5 Å². The molecular weight excluding hydrogens is 164 g/mol. The zero-order valence-electron chi connectivity index (χ0n) is 8.29. The molecule has 74 valence electrons. The lowest BCUT2D eigenvalue weighted by Crippen LogP contribution is -2.28. The molecule has 0 saturated heterocycles. The van der Waals surface area contributed by atoms with Gasteiger partial charge in [-0.25, -0.2) is 0 Å². The molecule has 0 N–H and O–H groups in total. The van der Waals surface area contributed by atoms with E-state index in [1.54, 1.807) is 0 Å². The molecule has 2 heteroatoms. The van der Waals surface area contributed by atoms with Crippen LogP contribution in [0.25, 0.3) is 0 Å². The van der Waals surface area contributed by atoms with Gasteiger partial charge in [-0.3, -0.25) is 0 Å². The third kappa shape index (κ3) is 1.88. The van der Waals surface area contributed by atoms with E-state index < -0.39 is 0 Å². The fraction of sp³-hybridized carbons (Fsp3) is 0.818. The summed E-state index contributed by atoms with van der Waals surface area (Å²) in [6.07, 6.45) is 10.5. The maximum Gasteiger partial charge on any atom is 0.199 e. The van der Waals surface area contributed by atoms with Gasteiger partial charge in [-0.2, -0.15) is 0 Å². The zero-order valence-corrected chi connectivity index (χ0v) is 8.29. The van der Waals surface area contributed by atoms with Crippen molar-refractivity contribution in [3.63, 3.8) is 0 Å². The minimum Gasteiger partial charge on any atom is -0.473 e. The van der Waals surface area contributed by atoms with Gasteiger partial charge in [0.05, 0.1) is 6.26 Å². The Morgan fingerprint density at radius 1 is 1.46 bits per heavy atom. The van der Waals surface area contributed by atoms with Crippen molar-refractivity contribution < 1.29 is 9.47 Å². The van der Waals surface area contributed by atoms with Crippen LogP contribution in [-0.2, 0) is 9.47 Å². The lowest BCUT2D eigenvalue weighted by atomic mass is 9.81. The summed E-state index contributed by atoms with van der Waals surface area (Å²) in [7, 11) is 0. The monoisotopic (exact) mass is 182 g/mol. The summed E-state index contributed by atoms with van der Waals surface area (Å²) >= 11 is 0. The first kappa shape index (κ1) is 9.07. The van der Waals surface area contributed by atoms with Crippen LogP contribution in [0.5, 0.6) is 0 Å². The van der Waals surface area contributed by atoms with Crippen molar-refractivity contribution in [1.82, 2.24) is 0 Å². The third-order valence-corrected chi connectivity index (χ3v) is 3.18. The van der Waals surface area contributed by atoms with Gasteiger partial charge in [-0.05, 0) is 31.3 Å². The molecule has 0 aromatic carbocycles. The predicted molar refractivity (Wildman–Crippen MR) is 51.2 cm³/mol. The molecule has 1 aliphatic heterocycles. The first-order valence-electron chi connectivity index (χ1n) is 5.29. The quantitative estimate of drug-likeness (QED) is 0.653. The van der Waals surface area contributed by atoms with Crippen molar-refractivity contribution >= 4 is 0 Å². The maximum absolute atomic E-state index is 5.50. The van der Waals surface area contributed by atoms with Crippen molar-refractivity contribution in [1.29, 1.82) is 0 Å². The van der Waals surface area contributed by atoms with Crippen LogP contribution < -0.4 is 0 Å². The van der Waals surface area contributed by atoms with Crippen molar-refractivity contribution in [2.24, 2.45) is 5.41 Å². The first-order chi connectivity index (χ1) is 6.35. The van der Waals surface area contributed by atoms with Crippen LogP contribution in [-0.4, -0.2) is 12.9 Å². The lowest BCUT2D eigenvalue weighted by Gasteiger charge is -2.33. The van der Waals surface area contributed by atoms with E-state index in [9.17, 15) is 0 Å². The molecule has 1 saturated carbocycles. The Labute approximate surface area is 79.9 Å². The number of rotatable bonds is 2. The van der Waals surface area contributed by atoms with Gasteiger partial charge in [0, 0.05) is 13.0 Å². The number of ether oxygens (including phenoxy) is 2. The van der Waals surface area contributed by atoms with Crippen LogP contribution in [0.2, 0.25) is 0 Å². The van der Waals surface area contributed by atoms with Crippen LogP contribution >= 0.6 is 0 Å². The second-order valence-electron chi connectivity index (χ2n) is 4.10. The van der Waals surface area contributed by atoms with E-state index in [1.807, 2.05) is 13.2 Å². The largest absolute Gasteiger partial charge is 0.473 e. The summed E-state index contributed by atoms with van der Waals surface area (Å²) < 4.78 is 10.9. The van der Waals surface area contributed by atoms with E-state index in [0.717, 1.165) is 13.0 Å². The molecule has 1 atom stereocenters. The van der Waals surface area contributed by atoms with E-state index in [-0.39, 0.29) is 6.29 Å². The number of hydrogen-bond donors (Lipinski definition) is 0. The Morgan fingerprint density at radius 2 is 2.23 bits per heavy atom. The summed E-state index contributed by atoms with van der Waals surface area (Å²) in [6, 6.07) is 0. The van der Waals surface area contributed by atoms with Gasteiger partial charge in [0.2, 0.25) is 0 Å². The SMILES string of the molecule is CCOC1CC2(C=CO1)CCCC2. The fourth-order valence-electron chi connectivity index (χ4n) is 2.45. The highest BCUT2D eigenvalue weighted by Gasteiger charge is 2.36. The Balaban J connectivity index is 1.98. The normalized spacial score (nSPS) is 30.7. The Hall–Kier alpha value is -0.500. The summed E-state index contributed by atoms with van der Waals surface area (Å²) in [4.78, 5) is 0. The standard InChI is InChI=1S/C11H18O2/c1-2-12-10-9-11(7-8-13-10)5-3-4-6-11/h7-8,10H,2-6,9H2,1H3. The lowest BCUT2D eigenvalue weighted by molar-refractivity contribution is -0.130.